The predicted octanol–water partition coefficient (Wildman–Crippen LogP) is 3.62. The molecule has 0 spiro atoms. The van der Waals surface area contributed by atoms with Crippen molar-refractivity contribution in [3.8, 4) is 0 Å². The van der Waals surface area contributed by atoms with Gasteiger partial charge in [0.2, 0.25) is 0 Å². The fraction of sp³-hybridized carbons (Fsp3) is 0.500. The van der Waals surface area contributed by atoms with Gasteiger partial charge in [-0.05, 0) is 73.9 Å². The minimum atomic E-state index is -3.13. The summed E-state index contributed by atoms with van der Waals surface area (Å²) in [5, 5.41) is 0. The molecule has 6 heteroatoms. The van der Waals surface area contributed by atoms with Crippen molar-refractivity contribution in [1.29, 1.82) is 0 Å². The molecule has 2 aromatic rings. The highest BCUT2D eigenvalue weighted by atomic mass is 32.2. The van der Waals surface area contributed by atoms with E-state index in [-0.39, 0.29) is 0 Å². The van der Waals surface area contributed by atoms with Gasteiger partial charge in [-0.3, -0.25) is 0 Å². The van der Waals surface area contributed by atoms with Crippen molar-refractivity contribution in [1.82, 2.24) is 4.98 Å². The Morgan fingerprint density at radius 3 is 1.89 bits per heavy atom. The topological polar surface area (TPSA) is 53.5 Å². The Morgan fingerprint density at radius 1 is 0.821 bits per heavy atom. The molecule has 3 heterocycles. The summed E-state index contributed by atoms with van der Waals surface area (Å²) in [5.74, 6) is 2.72. The number of sulfone groups is 1. The molecule has 0 amide bonds. The minimum absolute atomic E-state index is 0.394. The summed E-state index contributed by atoms with van der Waals surface area (Å²) in [6.07, 6.45) is 8.09. The van der Waals surface area contributed by atoms with Crippen LogP contribution in [0.4, 0.5) is 11.5 Å². The monoisotopic (exact) mass is 399 g/mol. The van der Waals surface area contributed by atoms with E-state index in [0.717, 1.165) is 49.5 Å². The number of benzene rings is 1. The molecule has 0 N–H and O–H groups in total. The largest absolute Gasteiger partial charge is 0.372 e. The molecule has 1 aromatic carbocycles. The van der Waals surface area contributed by atoms with E-state index in [9.17, 15) is 8.42 Å². The Morgan fingerprint density at radius 2 is 1.39 bits per heavy atom. The van der Waals surface area contributed by atoms with E-state index in [2.05, 4.69) is 26.9 Å². The fourth-order valence-electron chi connectivity index (χ4n) is 4.67. The molecule has 0 bridgehead atoms. The zero-order valence-corrected chi connectivity index (χ0v) is 17.3. The Labute approximate surface area is 168 Å². The molecule has 1 aromatic heterocycles. The lowest BCUT2D eigenvalue weighted by molar-refractivity contribution is 0.233. The van der Waals surface area contributed by atoms with Gasteiger partial charge in [0.1, 0.15) is 5.82 Å². The number of pyridine rings is 1. The number of rotatable bonds is 4. The first-order valence-corrected chi connectivity index (χ1v) is 12.1. The maximum atomic E-state index is 11.6. The van der Waals surface area contributed by atoms with Gasteiger partial charge in [0.15, 0.2) is 9.84 Å². The van der Waals surface area contributed by atoms with Crippen LogP contribution in [0.5, 0.6) is 0 Å². The summed E-state index contributed by atoms with van der Waals surface area (Å²) in [5.41, 5.74) is 1.14. The van der Waals surface area contributed by atoms with Crippen LogP contribution in [0.3, 0.4) is 0 Å². The van der Waals surface area contributed by atoms with Crippen molar-refractivity contribution >= 4 is 21.3 Å². The first kappa shape index (κ1) is 19.2. The normalized spacial score (nSPS) is 19.8. The smallest absolute Gasteiger partial charge is 0.175 e. The van der Waals surface area contributed by atoms with E-state index in [1.807, 2.05) is 24.4 Å². The SMILES string of the molecule is CS(=O)(=O)c1ccc(N2CCC(C3CCN(c4ccccn4)CC3)CC2)cc1. The van der Waals surface area contributed by atoms with Crippen LogP contribution < -0.4 is 9.80 Å². The molecular formula is C22H29N3O2S. The van der Waals surface area contributed by atoms with Gasteiger partial charge in [-0.25, -0.2) is 13.4 Å². The van der Waals surface area contributed by atoms with E-state index >= 15 is 0 Å². The number of nitrogens with zero attached hydrogens (tertiary/aromatic N) is 3. The Kier molecular flexibility index (Phi) is 5.58. The van der Waals surface area contributed by atoms with Gasteiger partial charge in [-0.15, -0.1) is 0 Å². The van der Waals surface area contributed by atoms with E-state index in [1.165, 1.54) is 31.9 Å². The number of anilines is 2. The summed E-state index contributed by atoms with van der Waals surface area (Å²) in [6, 6.07) is 13.5. The minimum Gasteiger partial charge on any atom is -0.372 e. The molecule has 2 aliphatic rings. The van der Waals surface area contributed by atoms with Crippen LogP contribution in [0, 0.1) is 11.8 Å². The predicted molar refractivity (Wildman–Crippen MR) is 114 cm³/mol. The van der Waals surface area contributed by atoms with Crippen molar-refractivity contribution in [2.45, 2.75) is 30.6 Å². The van der Waals surface area contributed by atoms with Crippen LogP contribution in [0.25, 0.3) is 0 Å². The van der Waals surface area contributed by atoms with E-state index in [1.54, 1.807) is 12.1 Å². The quantitative estimate of drug-likeness (QED) is 0.786. The number of hydrogen-bond acceptors (Lipinski definition) is 5. The summed E-state index contributed by atoms with van der Waals surface area (Å²) >= 11 is 0. The molecule has 0 aliphatic carbocycles. The van der Waals surface area contributed by atoms with Crippen LogP contribution in [-0.4, -0.2) is 45.8 Å². The second-order valence-electron chi connectivity index (χ2n) is 8.10. The van der Waals surface area contributed by atoms with Crippen molar-refractivity contribution in [3.05, 3.63) is 48.7 Å². The lowest BCUT2D eigenvalue weighted by Crippen LogP contribution is -2.41. The maximum absolute atomic E-state index is 11.6. The van der Waals surface area contributed by atoms with Crippen LogP contribution in [0.1, 0.15) is 25.7 Å². The Balaban J connectivity index is 1.29. The first-order chi connectivity index (χ1) is 13.5. The molecule has 0 saturated carbocycles. The molecule has 28 heavy (non-hydrogen) atoms. The highest BCUT2D eigenvalue weighted by Crippen LogP contribution is 2.34. The average molecular weight is 400 g/mol. The number of aromatic nitrogens is 1. The molecular weight excluding hydrogens is 370 g/mol. The number of piperidine rings is 2. The summed E-state index contributed by atoms with van der Waals surface area (Å²) in [4.78, 5) is 9.69. The Bertz CT molecular complexity index is 868. The zero-order chi connectivity index (χ0) is 19.6. The van der Waals surface area contributed by atoms with Crippen molar-refractivity contribution in [2.75, 3.05) is 42.2 Å². The van der Waals surface area contributed by atoms with Crippen molar-refractivity contribution in [2.24, 2.45) is 11.8 Å². The van der Waals surface area contributed by atoms with E-state index < -0.39 is 9.84 Å². The lowest BCUT2D eigenvalue weighted by atomic mass is 9.78. The van der Waals surface area contributed by atoms with Crippen LogP contribution in [-0.2, 0) is 9.84 Å². The highest BCUT2D eigenvalue weighted by molar-refractivity contribution is 7.90. The summed E-state index contributed by atoms with van der Waals surface area (Å²) in [6.45, 7) is 4.33. The van der Waals surface area contributed by atoms with E-state index in [0.29, 0.717) is 4.90 Å². The second kappa shape index (κ2) is 8.11. The summed E-state index contributed by atoms with van der Waals surface area (Å²) < 4.78 is 23.3. The third-order valence-electron chi connectivity index (χ3n) is 6.35. The Hall–Kier alpha value is -2.08. The van der Waals surface area contributed by atoms with E-state index in [4.69, 9.17) is 0 Å². The zero-order valence-electron chi connectivity index (χ0n) is 16.5. The maximum Gasteiger partial charge on any atom is 0.175 e. The standard InChI is InChI=1S/C22H29N3O2S/c1-28(26,27)21-7-5-20(6-8-21)24-14-9-18(10-15-24)19-11-16-25(17-12-19)22-4-2-3-13-23-22/h2-8,13,18-19H,9-12,14-17H2,1H3. The molecule has 2 aliphatic heterocycles. The van der Waals surface area contributed by atoms with Gasteiger partial charge < -0.3 is 9.80 Å². The average Bonchev–Trinajstić information content (AvgIpc) is 2.74. The second-order valence-corrected chi connectivity index (χ2v) is 10.1. The third-order valence-corrected chi connectivity index (χ3v) is 7.48. The molecule has 2 fully saturated rings. The third kappa shape index (κ3) is 4.32. The van der Waals surface area contributed by atoms with Gasteiger partial charge >= 0.3 is 0 Å². The van der Waals surface area contributed by atoms with Gasteiger partial charge in [-0.2, -0.15) is 0 Å². The van der Waals surface area contributed by atoms with Gasteiger partial charge in [0.25, 0.3) is 0 Å². The molecule has 2 saturated heterocycles. The van der Waals surface area contributed by atoms with Crippen LogP contribution in [0.2, 0.25) is 0 Å². The number of hydrogen-bond donors (Lipinski definition) is 0. The fourth-order valence-corrected chi connectivity index (χ4v) is 5.30. The molecule has 0 radical (unpaired) electrons. The lowest BCUT2D eigenvalue weighted by Gasteiger charge is -2.41. The first-order valence-electron chi connectivity index (χ1n) is 10.2. The van der Waals surface area contributed by atoms with Gasteiger partial charge in [0.05, 0.1) is 4.90 Å². The van der Waals surface area contributed by atoms with Crippen LogP contribution >= 0.6 is 0 Å². The molecule has 4 rings (SSSR count). The molecule has 0 atom stereocenters. The van der Waals surface area contributed by atoms with Gasteiger partial charge in [0, 0.05) is 44.3 Å². The van der Waals surface area contributed by atoms with Gasteiger partial charge in [-0.1, -0.05) is 6.07 Å². The van der Waals surface area contributed by atoms with Crippen LogP contribution in [0.15, 0.2) is 53.6 Å². The van der Waals surface area contributed by atoms with Crippen molar-refractivity contribution < 1.29 is 8.42 Å². The molecule has 5 nitrogen and oxygen atoms in total. The molecule has 0 unspecified atom stereocenters. The highest BCUT2D eigenvalue weighted by Gasteiger charge is 2.30. The molecule has 150 valence electrons. The van der Waals surface area contributed by atoms with Crippen molar-refractivity contribution in [3.63, 3.8) is 0 Å². The summed E-state index contributed by atoms with van der Waals surface area (Å²) in [7, 11) is -3.13.